The van der Waals surface area contributed by atoms with Crippen LogP contribution in [0.1, 0.15) is 26.3 Å². The van der Waals surface area contributed by atoms with Crippen LogP contribution in [0.15, 0.2) is 12.1 Å². The molecule has 0 amide bonds. The molecular formula is C10H12F2O. The van der Waals surface area contributed by atoms with Gasteiger partial charge in [-0.15, -0.1) is 0 Å². The van der Waals surface area contributed by atoms with E-state index in [1.54, 1.807) is 20.8 Å². The maximum absolute atomic E-state index is 12.9. The molecule has 1 aromatic carbocycles. The summed E-state index contributed by atoms with van der Waals surface area (Å²) < 4.78 is 25.7. The summed E-state index contributed by atoms with van der Waals surface area (Å²) in [5, 5.41) is 9.32. The standard InChI is InChI=1S/C10H12F2O/c1-10(2,3)7-4-6(11)5-8(12)9(7)13/h4-5,13H,1-3H3. The monoisotopic (exact) mass is 186 g/mol. The highest BCUT2D eigenvalue weighted by Crippen LogP contribution is 2.32. The molecule has 0 bridgehead atoms. The molecule has 0 fully saturated rings. The molecule has 1 N–H and O–H groups in total. The summed E-state index contributed by atoms with van der Waals surface area (Å²) in [4.78, 5) is 0. The van der Waals surface area contributed by atoms with Gasteiger partial charge in [0.05, 0.1) is 0 Å². The van der Waals surface area contributed by atoms with E-state index in [2.05, 4.69) is 0 Å². The lowest BCUT2D eigenvalue weighted by molar-refractivity contribution is 0.404. The Bertz CT molecular complexity index is 326. The number of rotatable bonds is 0. The number of phenolic OH excluding ortho intramolecular Hbond substituents is 1. The van der Waals surface area contributed by atoms with E-state index in [0.29, 0.717) is 6.07 Å². The lowest BCUT2D eigenvalue weighted by Gasteiger charge is -2.20. The van der Waals surface area contributed by atoms with Gasteiger partial charge in [-0.1, -0.05) is 20.8 Å². The Morgan fingerprint density at radius 2 is 1.69 bits per heavy atom. The van der Waals surface area contributed by atoms with Gasteiger partial charge in [-0.25, -0.2) is 8.78 Å². The number of halogens is 2. The molecule has 0 aromatic heterocycles. The largest absolute Gasteiger partial charge is 0.505 e. The summed E-state index contributed by atoms with van der Waals surface area (Å²) in [5.41, 5.74) is -0.183. The molecule has 0 spiro atoms. The molecular weight excluding hydrogens is 174 g/mol. The van der Waals surface area contributed by atoms with Crippen LogP contribution in [-0.4, -0.2) is 5.11 Å². The molecule has 1 nitrogen and oxygen atoms in total. The number of phenols is 1. The van der Waals surface area contributed by atoms with Gasteiger partial charge in [-0.05, 0) is 11.5 Å². The topological polar surface area (TPSA) is 20.2 Å². The van der Waals surface area contributed by atoms with Crippen molar-refractivity contribution in [3.05, 3.63) is 29.3 Å². The van der Waals surface area contributed by atoms with Gasteiger partial charge in [0.2, 0.25) is 0 Å². The summed E-state index contributed by atoms with van der Waals surface area (Å²) in [6.07, 6.45) is 0. The molecule has 0 heterocycles. The highest BCUT2D eigenvalue weighted by molar-refractivity contribution is 5.38. The number of hydrogen-bond donors (Lipinski definition) is 1. The van der Waals surface area contributed by atoms with Gasteiger partial charge >= 0.3 is 0 Å². The van der Waals surface area contributed by atoms with Crippen LogP contribution in [0.4, 0.5) is 8.78 Å². The molecule has 3 heteroatoms. The van der Waals surface area contributed by atoms with Crippen molar-refractivity contribution in [3.63, 3.8) is 0 Å². The van der Waals surface area contributed by atoms with E-state index in [-0.39, 0.29) is 5.56 Å². The maximum atomic E-state index is 12.9. The molecule has 13 heavy (non-hydrogen) atoms. The number of hydrogen-bond acceptors (Lipinski definition) is 1. The predicted molar refractivity (Wildman–Crippen MR) is 46.7 cm³/mol. The molecule has 1 aromatic rings. The molecule has 1 rings (SSSR count). The summed E-state index contributed by atoms with van der Waals surface area (Å²) >= 11 is 0. The quantitative estimate of drug-likeness (QED) is 0.660. The molecule has 72 valence electrons. The fraction of sp³-hybridized carbons (Fsp3) is 0.400. The summed E-state index contributed by atoms with van der Waals surface area (Å²) in [6.45, 7) is 5.34. The number of benzene rings is 1. The highest BCUT2D eigenvalue weighted by atomic mass is 19.1. The smallest absolute Gasteiger partial charge is 0.168 e. The van der Waals surface area contributed by atoms with Crippen LogP contribution in [0.3, 0.4) is 0 Å². The van der Waals surface area contributed by atoms with Crippen molar-refractivity contribution >= 4 is 0 Å². The Morgan fingerprint density at radius 1 is 1.15 bits per heavy atom. The van der Waals surface area contributed by atoms with Crippen molar-refractivity contribution in [2.45, 2.75) is 26.2 Å². The third-order valence-electron chi connectivity index (χ3n) is 1.84. The van der Waals surface area contributed by atoms with Crippen molar-refractivity contribution in [2.24, 2.45) is 0 Å². The van der Waals surface area contributed by atoms with Crippen LogP contribution >= 0.6 is 0 Å². The van der Waals surface area contributed by atoms with E-state index >= 15 is 0 Å². The van der Waals surface area contributed by atoms with Gasteiger partial charge in [-0.2, -0.15) is 0 Å². The zero-order valence-electron chi connectivity index (χ0n) is 7.86. The summed E-state index contributed by atoms with van der Waals surface area (Å²) in [5.74, 6) is -2.04. The second-order valence-corrected chi connectivity index (χ2v) is 4.03. The Kier molecular flexibility index (Phi) is 2.28. The highest BCUT2D eigenvalue weighted by Gasteiger charge is 2.21. The van der Waals surface area contributed by atoms with Crippen LogP contribution in [0.5, 0.6) is 5.75 Å². The van der Waals surface area contributed by atoms with Crippen LogP contribution in [0.25, 0.3) is 0 Å². The van der Waals surface area contributed by atoms with Crippen molar-refractivity contribution in [1.29, 1.82) is 0 Å². The molecule has 0 aliphatic carbocycles. The average Bonchev–Trinajstić information content (AvgIpc) is 1.94. The average molecular weight is 186 g/mol. The van der Waals surface area contributed by atoms with Crippen molar-refractivity contribution in [3.8, 4) is 5.75 Å². The summed E-state index contributed by atoms with van der Waals surface area (Å²) in [6, 6.07) is 1.82. The molecule has 0 unspecified atom stereocenters. The van der Waals surface area contributed by atoms with Gasteiger partial charge in [-0.3, -0.25) is 0 Å². The zero-order valence-corrected chi connectivity index (χ0v) is 7.86. The molecule has 0 radical (unpaired) electrons. The fourth-order valence-corrected chi connectivity index (χ4v) is 1.14. The van der Waals surface area contributed by atoms with E-state index in [1.807, 2.05) is 0 Å². The fourth-order valence-electron chi connectivity index (χ4n) is 1.14. The molecule has 0 saturated heterocycles. The molecule has 0 saturated carbocycles. The normalized spacial score (nSPS) is 11.8. The van der Waals surface area contributed by atoms with Gasteiger partial charge in [0.15, 0.2) is 11.6 Å². The van der Waals surface area contributed by atoms with E-state index in [4.69, 9.17) is 0 Å². The Balaban J connectivity index is 3.37. The first-order valence-corrected chi connectivity index (χ1v) is 4.01. The third kappa shape index (κ3) is 1.97. The SMILES string of the molecule is CC(C)(C)c1cc(F)cc(F)c1O. The van der Waals surface area contributed by atoms with Gasteiger partial charge in [0.25, 0.3) is 0 Å². The van der Waals surface area contributed by atoms with Crippen LogP contribution in [0, 0.1) is 11.6 Å². The molecule has 0 aliphatic heterocycles. The summed E-state index contributed by atoms with van der Waals surface area (Å²) in [7, 11) is 0. The minimum absolute atomic E-state index is 0.282. The third-order valence-corrected chi connectivity index (χ3v) is 1.84. The maximum Gasteiger partial charge on any atom is 0.168 e. The first-order valence-electron chi connectivity index (χ1n) is 4.01. The minimum atomic E-state index is -0.912. The Hall–Kier alpha value is -1.12. The van der Waals surface area contributed by atoms with Gasteiger partial charge < -0.3 is 5.11 Å². The van der Waals surface area contributed by atoms with Crippen molar-refractivity contribution < 1.29 is 13.9 Å². The lowest BCUT2D eigenvalue weighted by atomic mass is 9.86. The van der Waals surface area contributed by atoms with Crippen LogP contribution < -0.4 is 0 Å². The van der Waals surface area contributed by atoms with E-state index in [1.165, 1.54) is 0 Å². The second kappa shape index (κ2) is 2.98. The minimum Gasteiger partial charge on any atom is -0.505 e. The molecule has 0 aliphatic rings. The first-order chi connectivity index (χ1) is 5.82. The molecule has 0 atom stereocenters. The van der Waals surface area contributed by atoms with Crippen LogP contribution in [-0.2, 0) is 5.41 Å². The zero-order chi connectivity index (χ0) is 10.2. The van der Waals surface area contributed by atoms with Gasteiger partial charge in [0, 0.05) is 11.6 Å². The Morgan fingerprint density at radius 3 is 2.15 bits per heavy atom. The van der Waals surface area contributed by atoms with E-state index in [0.717, 1.165) is 6.07 Å². The Labute approximate surface area is 76.0 Å². The van der Waals surface area contributed by atoms with Crippen LogP contribution in [0.2, 0.25) is 0 Å². The van der Waals surface area contributed by atoms with E-state index in [9.17, 15) is 13.9 Å². The second-order valence-electron chi connectivity index (χ2n) is 4.03. The van der Waals surface area contributed by atoms with Gasteiger partial charge in [0.1, 0.15) is 5.82 Å². The van der Waals surface area contributed by atoms with Crippen molar-refractivity contribution in [2.75, 3.05) is 0 Å². The van der Waals surface area contributed by atoms with Crippen molar-refractivity contribution in [1.82, 2.24) is 0 Å². The first kappa shape index (κ1) is 9.96. The lowest BCUT2D eigenvalue weighted by Crippen LogP contribution is -2.12. The van der Waals surface area contributed by atoms with E-state index < -0.39 is 22.8 Å². The number of aromatic hydroxyl groups is 1. The predicted octanol–water partition coefficient (Wildman–Crippen LogP) is 2.97.